The van der Waals surface area contributed by atoms with E-state index in [2.05, 4.69) is 11.2 Å². The van der Waals surface area contributed by atoms with Crippen LogP contribution in [0.2, 0.25) is 5.02 Å². The molecular weight excluding hydrogens is 286 g/mol. The summed E-state index contributed by atoms with van der Waals surface area (Å²) in [5, 5.41) is 3.83. The fourth-order valence-corrected chi connectivity index (χ4v) is 2.77. The number of halogens is 1. The quantitative estimate of drug-likeness (QED) is 0.640. The first-order valence-electron chi connectivity index (χ1n) is 7.05. The molecule has 1 atom stereocenters. The lowest BCUT2D eigenvalue weighted by Gasteiger charge is -2.24. The number of fused-ring (bicyclic) bond motifs is 1. The number of esters is 1. The van der Waals surface area contributed by atoms with Crippen molar-refractivity contribution in [2.24, 2.45) is 0 Å². The molecule has 1 unspecified atom stereocenters. The highest BCUT2D eigenvalue weighted by molar-refractivity contribution is 6.31. The van der Waals surface area contributed by atoms with Crippen LogP contribution < -0.4 is 5.32 Å². The summed E-state index contributed by atoms with van der Waals surface area (Å²) in [5.41, 5.74) is 2.08. The average molecular weight is 306 g/mol. The molecule has 1 heterocycles. The van der Waals surface area contributed by atoms with Crippen molar-refractivity contribution in [3.63, 3.8) is 0 Å². The molecule has 2 rings (SSSR count). The Balaban J connectivity index is 2.44. The van der Waals surface area contributed by atoms with Crippen molar-refractivity contribution in [2.45, 2.75) is 38.7 Å². The van der Waals surface area contributed by atoms with E-state index >= 15 is 0 Å². The topological polar surface area (TPSA) is 38.3 Å². The van der Waals surface area contributed by atoms with Crippen LogP contribution >= 0.6 is 11.6 Å². The number of nitrogens with one attached hydrogen (secondary N) is 1. The zero-order valence-electron chi connectivity index (χ0n) is 12.6. The number of rotatable bonds is 1. The molecular formula is C17H20ClNO2. The van der Waals surface area contributed by atoms with E-state index in [1.165, 1.54) is 0 Å². The predicted molar refractivity (Wildman–Crippen MR) is 84.5 cm³/mol. The lowest BCUT2D eigenvalue weighted by Crippen LogP contribution is -2.32. The Bertz CT molecular complexity index is 596. The third kappa shape index (κ3) is 3.58. The molecule has 21 heavy (non-hydrogen) atoms. The number of terminal acetylenes is 1. The number of hydrogen-bond acceptors (Lipinski definition) is 3. The van der Waals surface area contributed by atoms with Gasteiger partial charge >= 0.3 is 5.97 Å². The molecule has 0 bridgehead atoms. The second-order valence-corrected chi connectivity index (χ2v) is 6.58. The van der Waals surface area contributed by atoms with E-state index in [0.29, 0.717) is 17.1 Å². The molecule has 4 heteroatoms. The van der Waals surface area contributed by atoms with Crippen molar-refractivity contribution < 1.29 is 9.53 Å². The van der Waals surface area contributed by atoms with Gasteiger partial charge in [-0.2, -0.15) is 0 Å². The molecule has 0 aromatic heterocycles. The zero-order valence-corrected chi connectivity index (χ0v) is 13.4. The molecule has 0 saturated carbocycles. The van der Waals surface area contributed by atoms with Gasteiger partial charge in [-0.05, 0) is 50.9 Å². The molecule has 0 amide bonds. The molecule has 112 valence electrons. The van der Waals surface area contributed by atoms with Crippen molar-refractivity contribution in [1.82, 2.24) is 5.32 Å². The summed E-state index contributed by atoms with van der Waals surface area (Å²) >= 11 is 6.17. The maximum Gasteiger partial charge on any atom is 0.315 e. The average Bonchev–Trinajstić information content (AvgIpc) is 2.59. The molecule has 1 aromatic carbocycles. The Morgan fingerprint density at radius 1 is 1.48 bits per heavy atom. The van der Waals surface area contributed by atoms with Gasteiger partial charge in [-0.25, -0.2) is 0 Å². The van der Waals surface area contributed by atoms with E-state index < -0.39 is 5.60 Å². The van der Waals surface area contributed by atoms with E-state index in [0.717, 1.165) is 24.1 Å². The Morgan fingerprint density at radius 3 is 2.81 bits per heavy atom. The van der Waals surface area contributed by atoms with Gasteiger partial charge < -0.3 is 10.1 Å². The van der Waals surface area contributed by atoms with Gasteiger partial charge in [-0.1, -0.05) is 23.6 Å². The van der Waals surface area contributed by atoms with Gasteiger partial charge in [0.15, 0.2) is 0 Å². The monoisotopic (exact) mass is 305 g/mol. The maximum atomic E-state index is 12.5. The Hall–Kier alpha value is -1.50. The molecule has 3 nitrogen and oxygen atoms in total. The summed E-state index contributed by atoms with van der Waals surface area (Å²) in [6.45, 7) is 6.91. The Labute approximate surface area is 131 Å². The van der Waals surface area contributed by atoms with E-state index in [4.69, 9.17) is 22.8 Å². The predicted octanol–water partition coefficient (Wildman–Crippen LogP) is 2.89. The Morgan fingerprint density at radius 2 is 2.19 bits per heavy atom. The number of carbonyl (C=O) groups is 1. The molecule has 1 aromatic rings. The second-order valence-electron chi connectivity index (χ2n) is 6.17. The number of ether oxygens (including phenoxy) is 1. The minimum atomic E-state index is -0.509. The molecule has 0 saturated heterocycles. The fourth-order valence-electron chi connectivity index (χ4n) is 2.54. The van der Waals surface area contributed by atoms with E-state index in [9.17, 15) is 4.79 Å². The van der Waals surface area contributed by atoms with Crippen LogP contribution in [0, 0.1) is 12.3 Å². The number of carbonyl (C=O) groups excluding carboxylic acids is 1. The molecule has 1 N–H and O–H groups in total. The van der Waals surface area contributed by atoms with Crippen LogP contribution in [-0.2, 0) is 16.0 Å². The Kier molecular flexibility index (Phi) is 4.61. The third-order valence-corrected chi connectivity index (χ3v) is 3.72. The van der Waals surface area contributed by atoms with Crippen LogP contribution in [0.25, 0.3) is 0 Å². The van der Waals surface area contributed by atoms with Crippen LogP contribution in [0.4, 0.5) is 0 Å². The minimum absolute atomic E-state index is 0.233. The van der Waals surface area contributed by atoms with Gasteiger partial charge in [0.05, 0.1) is 10.9 Å². The molecule has 0 spiro atoms. The fraction of sp³-hybridized carbons (Fsp3) is 0.471. The van der Waals surface area contributed by atoms with Crippen LogP contribution in [0.5, 0.6) is 0 Å². The van der Waals surface area contributed by atoms with E-state index in [-0.39, 0.29) is 11.9 Å². The number of hydrogen-bond donors (Lipinski definition) is 1. The van der Waals surface area contributed by atoms with Crippen molar-refractivity contribution in [1.29, 1.82) is 0 Å². The lowest BCUT2D eigenvalue weighted by atomic mass is 9.90. The van der Waals surface area contributed by atoms with Gasteiger partial charge in [-0.3, -0.25) is 4.79 Å². The first kappa shape index (κ1) is 15.9. The van der Waals surface area contributed by atoms with Gasteiger partial charge in [0.25, 0.3) is 0 Å². The van der Waals surface area contributed by atoms with Crippen molar-refractivity contribution in [2.75, 3.05) is 13.1 Å². The molecule has 1 aliphatic heterocycles. The summed E-state index contributed by atoms with van der Waals surface area (Å²) in [7, 11) is 0. The summed E-state index contributed by atoms with van der Waals surface area (Å²) in [6, 6.07) is 3.65. The number of benzene rings is 1. The summed E-state index contributed by atoms with van der Waals surface area (Å²) < 4.78 is 5.53. The summed E-state index contributed by atoms with van der Waals surface area (Å²) in [5.74, 6) is 2.06. The standard InChI is InChI=1S/C17H20ClNO2/c1-5-11-13-8-9-19-10-14(12(13)6-7-15(11)18)16(20)21-17(2,3)4/h1,6-7,14,19H,8-10H2,2-4H3. The van der Waals surface area contributed by atoms with Crippen LogP contribution in [0.1, 0.15) is 43.4 Å². The van der Waals surface area contributed by atoms with Crippen molar-refractivity contribution in [3.8, 4) is 12.3 Å². The van der Waals surface area contributed by atoms with Crippen molar-refractivity contribution >= 4 is 17.6 Å². The van der Waals surface area contributed by atoms with Crippen LogP contribution in [-0.4, -0.2) is 24.7 Å². The third-order valence-electron chi connectivity index (χ3n) is 3.41. The van der Waals surface area contributed by atoms with Crippen molar-refractivity contribution in [3.05, 3.63) is 33.8 Å². The van der Waals surface area contributed by atoms with Crippen LogP contribution in [0.3, 0.4) is 0 Å². The zero-order chi connectivity index (χ0) is 15.6. The maximum absolute atomic E-state index is 12.5. The van der Waals surface area contributed by atoms with Gasteiger partial charge in [-0.15, -0.1) is 6.42 Å². The van der Waals surface area contributed by atoms with E-state index in [1.807, 2.05) is 26.8 Å². The first-order chi connectivity index (χ1) is 9.83. The van der Waals surface area contributed by atoms with Crippen LogP contribution in [0.15, 0.2) is 12.1 Å². The summed E-state index contributed by atoms with van der Waals surface area (Å²) in [6.07, 6.45) is 6.34. The van der Waals surface area contributed by atoms with Gasteiger partial charge in [0.2, 0.25) is 0 Å². The molecule has 0 fully saturated rings. The summed E-state index contributed by atoms with van der Waals surface area (Å²) in [4.78, 5) is 12.5. The molecule has 1 aliphatic rings. The largest absolute Gasteiger partial charge is 0.459 e. The molecule has 0 radical (unpaired) electrons. The first-order valence-corrected chi connectivity index (χ1v) is 7.42. The highest BCUT2D eigenvalue weighted by Gasteiger charge is 2.30. The SMILES string of the molecule is C#Cc1c(Cl)ccc2c1CCNCC2C(=O)OC(C)(C)C. The second kappa shape index (κ2) is 6.09. The highest BCUT2D eigenvalue weighted by Crippen LogP contribution is 2.31. The van der Waals surface area contributed by atoms with Gasteiger partial charge in [0.1, 0.15) is 5.60 Å². The smallest absolute Gasteiger partial charge is 0.315 e. The van der Waals surface area contributed by atoms with E-state index in [1.54, 1.807) is 6.07 Å². The lowest BCUT2D eigenvalue weighted by molar-refractivity contribution is -0.156. The normalized spacial score (nSPS) is 18.3. The minimum Gasteiger partial charge on any atom is -0.459 e. The van der Waals surface area contributed by atoms with Gasteiger partial charge in [0, 0.05) is 12.1 Å². The molecule has 0 aliphatic carbocycles. The highest BCUT2D eigenvalue weighted by atomic mass is 35.5.